The van der Waals surface area contributed by atoms with E-state index < -0.39 is 35.0 Å². The zero-order chi connectivity index (χ0) is 28.8. The topological polar surface area (TPSA) is 148 Å². The van der Waals surface area contributed by atoms with Crippen molar-refractivity contribution >= 4 is 34.4 Å². The predicted octanol–water partition coefficient (Wildman–Crippen LogP) is 1.69. The smallest absolute Gasteiger partial charge is 0.247 e. The number of likely N-dealkylation sites (tertiary alicyclic amines) is 1. The Hall–Kier alpha value is -4.03. The van der Waals surface area contributed by atoms with Crippen molar-refractivity contribution in [2.75, 3.05) is 25.1 Å². The van der Waals surface area contributed by atoms with Gasteiger partial charge in [0.1, 0.15) is 29.6 Å². The molecule has 41 heavy (non-hydrogen) atoms. The van der Waals surface area contributed by atoms with Crippen LogP contribution in [0, 0.1) is 11.8 Å². The number of anilines is 1. The number of carbonyl (C=O) groups excluding carboxylic acids is 3. The van der Waals surface area contributed by atoms with Crippen LogP contribution in [0.15, 0.2) is 48.5 Å². The van der Waals surface area contributed by atoms with Crippen LogP contribution in [-0.2, 0) is 25.8 Å². The van der Waals surface area contributed by atoms with Crippen LogP contribution in [0.25, 0.3) is 11.0 Å². The summed E-state index contributed by atoms with van der Waals surface area (Å²) in [5.41, 5.74) is -0.0142. The average Bonchev–Trinajstić information content (AvgIpc) is 3.67. The number of benzene rings is 2. The van der Waals surface area contributed by atoms with E-state index in [9.17, 15) is 19.5 Å². The van der Waals surface area contributed by atoms with Gasteiger partial charge in [0.2, 0.25) is 17.7 Å². The summed E-state index contributed by atoms with van der Waals surface area (Å²) in [7, 11) is 0. The van der Waals surface area contributed by atoms with Crippen LogP contribution in [0.1, 0.15) is 33.1 Å². The van der Waals surface area contributed by atoms with Crippen LogP contribution in [0.5, 0.6) is 5.75 Å². The van der Waals surface area contributed by atoms with Crippen LogP contribution in [0.2, 0.25) is 0 Å². The number of ether oxygens (including phenoxy) is 2. The molecular weight excluding hydrogens is 528 g/mol. The molecule has 216 valence electrons. The van der Waals surface area contributed by atoms with Gasteiger partial charge in [0.25, 0.3) is 0 Å². The van der Waals surface area contributed by atoms with Crippen LogP contribution in [0.4, 0.5) is 5.69 Å². The van der Waals surface area contributed by atoms with Crippen LogP contribution in [-0.4, -0.2) is 79.7 Å². The van der Waals surface area contributed by atoms with E-state index in [4.69, 9.17) is 9.47 Å². The summed E-state index contributed by atoms with van der Waals surface area (Å²) in [6.07, 6.45) is 1.29. The lowest BCUT2D eigenvalue weighted by molar-refractivity contribution is -0.145. The predicted molar refractivity (Wildman–Crippen MR) is 148 cm³/mol. The Morgan fingerprint density at radius 3 is 2.68 bits per heavy atom. The van der Waals surface area contributed by atoms with Gasteiger partial charge in [0, 0.05) is 18.8 Å². The van der Waals surface area contributed by atoms with Crippen LogP contribution in [0.3, 0.4) is 0 Å². The average molecular weight is 563 g/mol. The molecule has 5 atom stereocenters. The molecule has 6 rings (SSSR count). The van der Waals surface area contributed by atoms with E-state index in [0.29, 0.717) is 42.8 Å². The van der Waals surface area contributed by atoms with Crippen molar-refractivity contribution in [3.63, 3.8) is 0 Å². The van der Waals surface area contributed by atoms with Gasteiger partial charge in [-0.1, -0.05) is 17.3 Å². The lowest BCUT2D eigenvalue weighted by Crippen LogP contribution is -2.55. The summed E-state index contributed by atoms with van der Waals surface area (Å²) in [4.78, 5) is 43.1. The summed E-state index contributed by atoms with van der Waals surface area (Å²) in [5, 5.41) is 23.7. The number of aliphatic hydroxyl groups excluding tert-OH is 1. The third-order valence-corrected chi connectivity index (χ3v) is 8.62. The maximum Gasteiger partial charge on any atom is 0.247 e. The number of nitrogens with one attached hydrogen (secondary N) is 2. The Kier molecular flexibility index (Phi) is 6.90. The van der Waals surface area contributed by atoms with E-state index in [1.54, 1.807) is 28.9 Å². The number of hydrogen-bond donors (Lipinski definition) is 3. The maximum atomic E-state index is 14.0. The number of fused-ring (bicyclic) bond motifs is 2. The molecule has 3 amide bonds. The first-order chi connectivity index (χ1) is 19.8. The van der Waals surface area contributed by atoms with Crippen molar-refractivity contribution in [3.8, 4) is 5.75 Å². The molecule has 0 radical (unpaired) electrons. The number of nitrogens with zero attached hydrogens (tertiary/aromatic N) is 4. The zero-order valence-corrected chi connectivity index (χ0v) is 23.1. The van der Waals surface area contributed by atoms with Gasteiger partial charge in [0.05, 0.1) is 29.6 Å². The molecule has 0 aliphatic carbocycles. The maximum absolute atomic E-state index is 14.0. The van der Waals surface area contributed by atoms with Gasteiger partial charge in [-0.25, -0.2) is 4.68 Å². The van der Waals surface area contributed by atoms with Crippen molar-refractivity contribution in [2.45, 2.75) is 57.0 Å². The Morgan fingerprint density at radius 1 is 1.15 bits per heavy atom. The second-order valence-corrected chi connectivity index (χ2v) is 11.1. The molecule has 2 bridgehead atoms. The SMILES string of the molecule is CCOc1ccc(NC(=O)[C@@H]2[C@H]3C(=O)N(CCCO)C(C(=O)NCn4nnc5ccccc54)C34CC[C@@]2(C)O4)cc1. The fourth-order valence-corrected chi connectivity index (χ4v) is 6.91. The lowest BCUT2D eigenvalue weighted by Gasteiger charge is -2.33. The zero-order valence-electron chi connectivity index (χ0n) is 23.1. The van der Waals surface area contributed by atoms with Gasteiger partial charge < -0.3 is 30.1 Å². The minimum atomic E-state index is -1.16. The van der Waals surface area contributed by atoms with Crippen molar-refractivity contribution in [1.29, 1.82) is 0 Å². The highest BCUT2D eigenvalue weighted by molar-refractivity contribution is 6.02. The molecule has 0 saturated carbocycles. The molecule has 12 nitrogen and oxygen atoms in total. The fraction of sp³-hybridized carbons (Fsp3) is 0.483. The minimum absolute atomic E-state index is 0.0531. The van der Waals surface area contributed by atoms with Gasteiger partial charge in [0.15, 0.2) is 0 Å². The standard InChI is InChI=1S/C29H34N6O6/c1-3-40-19-11-9-18(10-12-19)31-25(37)22-23-27(39)34(15-6-16-36)24(29(23)14-13-28(22,2)41-29)26(38)30-17-35-21-8-5-4-7-20(21)32-33-35/h4-5,7-12,22-24,36H,3,6,13-17H2,1-2H3,(H,30,38)(H,31,37)/t22-,23-,24?,28+,29?/m0/s1. The van der Waals surface area contributed by atoms with Gasteiger partial charge in [-0.15, -0.1) is 5.10 Å². The first-order valence-electron chi connectivity index (χ1n) is 14.0. The number of rotatable bonds is 10. The molecule has 3 fully saturated rings. The van der Waals surface area contributed by atoms with E-state index >= 15 is 0 Å². The molecule has 12 heteroatoms. The van der Waals surface area contributed by atoms with Gasteiger partial charge >= 0.3 is 0 Å². The van der Waals surface area contributed by atoms with Crippen molar-refractivity contribution in [1.82, 2.24) is 25.2 Å². The Balaban J connectivity index is 1.26. The Morgan fingerprint density at radius 2 is 1.93 bits per heavy atom. The molecule has 3 aliphatic rings. The van der Waals surface area contributed by atoms with Crippen molar-refractivity contribution < 1.29 is 29.0 Å². The number of amides is 3. The summed E-state index contributed by atoms with van der Waals surface area (Å²) >= 11 is 0. The quantitative estimate of drug-likeness (QED) is 0.338. The molecule has 4 heterocycles. The van der Waals surface area contributed by atoms with E-state index in [1.165, 1.54) is 4.90 Å². The number of para-hydroxylation sites is 1. The largest absolute Gasteiger partial charge is 0.494 e. The minimum Gasteiger partial charge on any atom is -0.494 e. The summed E-state index contributed by atoms with van der Waals surface area (Å²) in [6, 6.07) is 13.5. The van der Waals surface area contributed by atoms with Gasteiger partial charge in [-0.05, 0) is 69.5 Å². The first-order valence-corrected chi connectivity index (χ1v) is 14.0. The number of hydrogen-bond acceptors (Lipinski definition) is 8. The molecule has 3 saturated heterocycles. The number of aliphatic hydroxyl groups is 1. The highest BCUT2D eigenvalue weighted by Crippen LogP contribution is 2.63. The van der Waals surface area contributed by atoms with E-state index in [1.807, 2.05) is 38.1 Å². The molecule has 3 N–H and O–H groups in total. The third kappa shape index (κ3) is 4.41. The Labute approximate surface area is 237 Å². The molecule has 3 aromatic rings. The lowest BCUT2D eigenvalue weighted by atomic mass is 9.66. The summed E-state index contributed by atoms with van der Waals surface area (Å²) in [6.45, 7) is 4.37. The first kappa shape index (κ1) is 27.2. The van der Waals surface area contributed by atoms with E-state index in [2.05, 4.69) is 20.9 Å². The van der Waals surface area contributed by atoms with Crippen molar-refractivity contribution in [2.24, 2.45) is 11.8 Å². The molecule has 2 unspecified atom stereocenters. The van der Waals surface area contributed by atoms with Crippen molar-refractivity contribution in [3.05, 3.63) is 48.5 Å². The molecule has 3 aliphatic heterocycles. The third-order valence-electron chi connectivity index (χ3n) is 8.62. The summed E-state index contributed by atoms with van der Waals surface area (Å²) in [5.74, 6) is -1.95. The van der Waals surface area contributed by atoms with Gasteiger partial charge in [-0.3, -0.25) is 14.4 Å². The molecule has 1 aromatic heterocycles. The second-order valence-electron chi connectivity index (χ2n) is 11.1. The molecule has 1 spiro atoms. The molecule has 2 aromatic carbocycles. The van der Waals surface area contributed by atoms with Gasteiger partial charge in [-0.2, -0.15) is 0 Å². The normalized spacial score (nSPS) is 28.2. The fourth-order valence-electron chi connectivity index (χ4n) is 6.91. The Bertz CT molecular complexity index is 1480. The van der Waals surface area contributed by atoms with Crippen LogP contribution >= 0.6 is 0 Å². The highest BCUT2D eigenvalue weighted by Gasteiger charge is 2.77. The number of aromatic nitrogens is 3. The summed E-state index contributed by atoms with van der Waals surface area (Å²) < 4.78 is 13.7. The van der Waals surface area contributed by atoms with E-state index in [0.717, 1.165) is 5.52 Å². The second kappa shape index (κ2) is 10.4. The highest BCUT2D eigenvalue weighted by atomic mass is 16.5. The van der Waals surface area contributed by atoms with Crippen LogP contribution < -0.4 is 15.4 Å². The van der Waals surface area contributed by atoms with E-state index in [-0.39, 0.29) is 31.6 Å². The molecular formula is C29H34N6O6. The number of carbonyl (C=O) groups is 3. The monoisotopic (exact) mass is 562 g/mol.